The lowest BCUT2D eigenvalue weighted by molar-refractivity contribution is 0.641. The molecular formula is C14H21ClN2. The van der Waals surface area contributed by atoms with E-state index in [1.165, 1.54) is 24.1 Å². The molecule has 94 valence electrons. The number of rotatable bonds is 5. The normalized spacial score (nSPS) is 15.4. The van der Waals surface area contributed by atoms with Gasteiger partial charge >= 0.3 is 0 Å². The minimum Gasteiger partial charge on any atom is -0.369 e. The quantitative estimate of drug-likeness (QED) is 0.870. The topological polar surface area (TPSA) is 29.3 Å². The summed E-state index contributed by atoms with van der Waals surface area (Å²) in [5, 5.41) is 0.790. The summed E-state index contributed by atoms with van der Waals surface area (Å²) in [6.45, 7) is 6.15. The number of nitrogens with zero attached hydrogens (tertiary/aromatic N) is 1. The van der Waals surface area contributed by atoms with Crippen molar-refractivity contribution in [3.8, 4) is 0 Å². The van der Waals surface area contributed by atoms with E-state index in [9.17, 15) is 0 Å². The van der Waals surface area contributed by atoms with E-state index in [4.69, 9.17) is 17.3 Å². The van der Waals surface area contributed by atoms with Crippen LogP contribution in [0.4, 0.5) is 5.69 Å². The Hall–Kier alpha value is -0.730. The molecule has 1 aromatic rings. The zero-order valence-electron chi connectivity index (χ0n) is 10.6. The molecule has 2 rings (SSSR count). The zero-order valence-corrected chi connectivity index (χ0v) is 11.4. The van der Waals surface area contributed by atoms with Crippen molar-refractivity contribution in [2.75, 3.05) is 11.4 Å². The van der Waals surface area contributed by atoms with Gasteiger partial charge in [0.1, 0.15) is 0 Å². The Balaban J connectivity index is 2.29. The first-order chi connectivity index (χ1) is 8.11. The SMILES string of the molecule is CC(C)N(CC1CC1)c1cc(Cl)ccc1CN. The molecule has 1 aliphatic rings. The predicted molar refractivity (Wildman–Crippen MR) is 74.5 cm³/mol. The number of halogens is 1. The molecule has 1 fully saturated rings. The van der Waals surface area contributed by atoms with Gasteiger partial charge in [0.2, 0.25) is 0 Å². The molecule has 0 heterocycles. The van der Waals surface area contributed by atoms with Crippen LogP contribution in [0.15, 0.2) is 18.2 Å². The highest BCUT2D eigenvalue weighted by atomic mass is 35.5. The van der Waals surface area contributed by atoms with Crippen LogP contribution < -0.4 is 10.6 Å². The van der Waals surface area contributed by atoms with Crippen molar-refractivity contribution in [3.05, 3.63) is 28.8 Å². The summed E-state index contributed by atoms with van der Waals surface area (Å²) in [5.74, 6) is 0.863. The Morgan fingerprint density at radius 1 is 1.41 bits per heavy atom. The van der Waals surface area contributed by atoms with Crippen LogP contribution in [0.25, 0.3) is 0 Å². The minimum atomic E-state index is 0.486. The number of nitrogens with two attached hydrogens (primary N) is 1. The molecule has 1 saturated carbocycles. The molecule has 3 heteroatoms. The summed E-state index contributed by atoms with van der Waals surface area (Å²) >= 11 is 6.11. The van der Waals surface area contributed by atoms with E-state index in [2.05, 4.69) is 18.7 Å². The molecule has 0 saturated heterocycles. The first-order valence-electron chi connectivity index (χ1n) is 6.37. The van der Waals surface area contributed by atoms with E-state index in [0.29, 0.717) is 12.6 Å². The molecule has 0 bridgehead atoms. The van der Waals surface area contributed by atoms with Gasteiger partial charge in [0.25, 0.3) is 0 Å². The third kappa shape index (κ3) is 3.14. The number of benzene rings is 1. The maximum atomic E-state index is 6.11. The molecule has 1 aromatic carbocycles. The fourth-order valence-corrected chi connectivity index (χ4v) is 2.31. The van der Waals surface area contributed by atoms with Gasteiger partial charge in [-0.3, -0.25) is 0 Å². The van der Waals surface area contributed by atoms with E-state index in [0.717, 1.165) is 17.5 Å². The first kappa shape index (κ1) is 12.7. The van der Waals surface area contributed by atoms with Crippen molar-refractivity contribution in [1.29, 1.82) is 0 Å². The molecule has 0 aromatic heterocycles. The Labute approximate surface area is 109 Å². The predicted octanol–water partition coefficient (Wildman–Crippen LogP) is 3.42. The molecule has 17 heavy (non-hydrogen) atoms. The van der Waals surface area contributed by atoms with Crippen molar-refractivity contribution < 1.29 is 0 Å². The Morgan fingerprint density at radius 3 is 2.65 bits per heavy atom. The lowest BCUT2D eigenvalue weighted by atomic mass is 10.1. The lowest BCUT2D eigenvalue weighted by Gasteiger charge is -2.31. The molecular weight excluding hydrogens is 232 g/mol. The van der Waals surface area contributed by atoms with Crippen LogP contribution in [0.1, 0.15) is 32.3 Å². The summed E-state index contributed by atoms with van der Waals surface area (Å²) in [6, 6.07) is 6.49. The molecule has 1 aliphatic carbocycles. The fourth-order valence-electron chi connectivity index (χ4n) is 2.14. The van der Waals surface area contributed by atoms with Crippen molar-refractivity contribution in [2.24, 2.45) is 11.7 Å². The van der Waals surface area contributed by atoms with Gasteiger partial charge in [0.05, 0.1) is 0 Å². The number of hydrogen-bond donors (Lipinski definition) is 1. The van der Waals surface area contributed by atoms with E-state index in [1.807, 2.05) is 18.2 Å². The van der Waals surface area contributed by atoms with Gasteiger partial charge in [-0.15, -0.1) is 0 Å². The molecule has 0 spiro atoms. The van der Waals surface area contributed by atoms with Crippen molar-refractivity contribution in [1.82, 2.24) is 0 Å². The van der Waals surface area contributed by atoms with Gasteiger partial charge in [-0.1, -0.05) is 17.7 Å². The largest absolute Gasteiger partial charge is 0.369 e. The molecule has 0 radical (unpaired) electrons. The van der Waals surface area contributed by atoms with E-state index >= 15 is 0 Å². The van der Waals surface area contributed by atoms with Crippen molar-refractivity contribution in [3.63, 3.8) is 0 Å². The third-order valence-corrected chi connectivity index (χ3v) is 3.59. The van der Waals surface area contributed by atoms with E-state index < -0.39 is 0 Å². The van der Waals surface area contributed by atoms with Gasteiger partial charge in [0.15, 0.2) is 0 Å². The molecule has 2 nitrogen and oxygen atoms in total. The highest BCUT2D eigenvalue weighted by molar-refractivity contribution is 6.30. The number of anilines is 1. The van der Waals surface area contributed by atoms with E-state index in [-0.39, 0.29) is 0 Å². The highest BCUT2D eigenvalue weighted by Gasteiger charge is 2.26. The van der Waals surface area contributed by atoms with Crippen LogP contribution >= 0.6 is 11.6 Å². The lowest BCUT2D eigenvalue weighted by Crippen LogP contribution is -2.33. The van der Waals surface area contributed by atoms with Gasteiger partial charge < -0.3 is 10.6 Å². The summed E-state index contributed by atoms with van der Waals surface area (Å²) in [5.41, 5.74) is 8.21. The zero-order chi connectivity index (χ0) is 12.4. The summed E-state index contributed by atoms with van der Waals surface area (Å²) < 4.78 is 0. The fraction of sp³-hybridized carbons (Fsp3) is 0.571. The van der Waals surface area contributed by atoms with Crippen molar-refractivity contribution >= 4 is 17.3 Å². The summed E-state index contributed by atoms with van der Waals surface area (Å²) in [7, 11) is 0. The summed E-state index contributed by atoms with van der Waals surface area (Å²) in [4.78, 5) is 2.44. The van der Waals surface area contributed by atoms with Gasteiger partial charge in [-0.25, -0.2) is 0 Å². The Morgan fingerprint density at radius 2 is 2.12 bits per heavy atom. The van der Waals surface area contributed by atoms with Crippen molar-refractivity contribution in [2.45, 2.75) is 39.3 Å². The Kier molecular flexibility index (Phi) is 3.95. The van der Waals surface area contributed by atoms with Crippen LogP contribution in [0.5, 0.6) is 0 Å². The molecule has 0 amide bonds. The average Bonchev–Trinajstić information content (AvgIpc) is 3.09. The number of hydrogen-bond acceptors (Lipinski definition) is 2. The van der Waals surface area contributed by atoms with Crippen LogP contribution in [0, 0.1) is 5.92 Å². The van der Waals surface area contributed by atoms with Crippen LogP contribution in [0.2, 0.25) is 5.02 Å². The monoisotopic (exact) mass is 252 g/mol. The van der Waals surface area contributed by atoms with E-state index in [1.54, 1.807) is 0 Å². The molecule has 2 N–H and O–H groups in total. The molecule has 0 unspecified atom stereocenters. The van der Waals surface area contributed by atoms with Crippen LogP contribution in [-0.2, 0) is 6.54 Å². The van der Waals surface area contributed by atoms with Crippen LogP contribution in [-0.4, -0.2) is 12.6 Å². The molecule has 0 aliphatic heterocycles. The second kappa shape index (κ2) is 5.28. The second-order valence-corrected chi connectivity index (χ2v) is 5.60. The first-order valence-corrected chi connectivity index (χ1v) is 6.74. The standard InChI is InChI=1S/C14H21ClN2/c1-10(2)17(9-11-3-4-11)14-7-13(15)6-5-12(14)8-16/h5-7,10-11H,3-4,8-9,16H2,1-2H3. The Bertz CT molecular complexity index is 386. The maximum absolute atomic E-state index is 6.11. The second-order valence-electron chi connectivity index (χ2n) is 5.17. The van der Waals surface area contributed by atoms with Gasteiger partial charge in [-0.05, 0) is 50.3 Å². The third-order valence-electron chi connectivity index (χ3n) is 3.35. The van der Waals surface area contributed by atoms with Gasteiger partial charge in [0, 0.05) is 29.8 Å². The smallest absolute Gasteiger partial charge is 0.0429 e. The molecule has 0 atom stereocenters. The maximum Gasteiger partial charge on any atom is 0.0429 e. The average molecular weight is 253 g/mol. The van der Waals surface area contributed by atoms with Crippen LogP contribution in [0.3, 0.4) is 0 Å². The van der Waals surface area contributed by atoms with Gasteiger partial charge in [-0.2, -0.15) is 0 Å². The summed E-state index contributed by atoms with van der Waals surface area (Å²) in [6.07, 6.45) is 2.73. The minimum absolute atomic E-state index is 0.486. The highest BCUT2D eigenvalue weighted by Crippen LogP contribution is 2.34.